The summed E-state index contributed by atoms with van der Waals surface area (Å²) in [5.41, 5.74) is 0.645. The van der Waals surface area contributed by atoms with E-state index >= 15 is 0 Å². The fourth-order valence-electron chi connectivity index (χ4n) is 1.29. The number of rotatable bonds is 2. The van der Waals surface area contributed by atoms with Gasteiger partial charge in [0.2, 0.25) is 0 Å². The molecule has 1 heterocycles. The lowest BCUT2D eigenvalue weighted by atomic mass is 10.2. The van der Waals surface area contributed by atoms with Crippen LogP contribution < -0.4 is 4.74 Å². The van der Waals surface area contributed by atoms with Gasteiger partial charge in [-0.05, 0) is 40.8 Å². The van der Waals surface area contributed by atoms with Crippen molar-refractivity contribution in [2.75, 3.05) is 0 Å². The van der Waals surface area contributed by atoms with Crippen LogP contribution >= 0.6 is 34.2 Å². The molecule has 0 aliphatic carbocycles. The van der Waals surface area contributed by atoms with Gasteiger partial charge in [0, 0.05) is 11.6 Å². The normalized spacial score (nSPS) is 11.1. The first-order valence-electron chi connectivity index (χ1n) is 4.26. The summed E-state index contributed by atoms with van der Waals surface area (Å²) in [5.74, 6) is 0.0770. The van der Waals surface area contributed by atoms with Gasteiger partial charge in [0.1, 0.15) is 5.75 Å². The number of alkyl halides is 2. The third kappa shape index (κ3) is 2.35. The van der Waals surface area contributed by atoms with Crippen LogP contribution in [0.3, 0.4) is 0 Å². The van der Waals surface area contributed by atoms with Crippen LogP contribution in [0.25, 0.3) is 10.9 Å². The Morgan fingerprint density at radius 2 is 2.12 bits per heavy atom. The van der Waals surface area contributed by atoms with E-state index in [0.29, 0.717) is 15.9 Å². The quantitative estimate of drug-likeness (QED) is 0.757. The second-order valence-corrected chi connectivity index (χ2v) is 4.52. The van der Waals surface area contributed by atoms with E-state index in [2.05, 4.69) is 9.72 Å². The van der Waals surface area contributed by atoms with Crippen molar-refractivity contribution in [2.24, 2.45) is 0 Å². The van der Waals surface area contributed by atoms with E-state index < -0.39 is 6.61 Å². The van der Waals surface area contributed by atoms with E-state index in [9.17, 15) is 8.78 Å². The molecule has 0 amide bonds. The molecule has 6 heteroatoms. The number of ether oxygens (including phenoxy) is 1. The second kappa shape index (κ2) is 4.67. The summed E-state index contributed by atoms with van der Waals surface area (Å²) in [5, 5.41) is 1.09. The van der Waals surface area contributed by atoms with Crippen molar-refractivity contribution in [3.05, 3.63) is 33.0 Å². The SMILES string of the molecule is FC(F)Oc1ccc2ncc(I)c(Cl)c2c1. The molecule has 0 unspecified atom stereocenters. The molecule has 0 saturated carbocycles. The Morgan fingerprint density at radius 1 is 1.38 bits per heavy atom. The first kappa shape index (κ1) is 11.8. The minimum Gasteiger partial charge on any atom is -0.435 e. The molecule has 0 aliphatic heterocycles. The van der Waals surface area contributed by atoms with Crippen LogP contribution in [-0.2, 0) is 0 Å². The lowest BCUT2D eigenvalue weighted by Gasteiger charge is -2.06. The molecule has 1 aromatic carbocycles. The molecule has 0 fully saturated rings. The lowest BCUT2D eigenvalue weighted by Crippen LogP contribution is -2.01. The van der Waals surface area contributed by atoms with Gasteiger partial charge in [-0.25, -0.2) is 0 Å². The Morgan fingerprint density at radius 3 is 2.81 bits per heavy atom. The summed E-state index contributed by atoms with van der Waals surface area (Å²) in [6.45, 7) is -2.84. The van der Waals surface area contributed by atoms with Crippen molar-refractivity contribution in [3.8, 4) is 5.75 Å². The monoisotopic (exact) mass is 355 g/mol. The molecule has 0 saturated heterocycles. The Balaban J connectivity index is 2.55. The molecule has 1 aromatic heterocycles. The number of hydrogen-bond acceptors (Lipinski definition) is 2. The van der Waals surface area contributed by atoms with Crippen LogP contribution in [0.15, 0.2) is 24.4 Å². The van der Waals surface area contributed by atoms with Crippen LogP contribution in [-0.4, -0.2) is 11.6 Å². The molecule has 84 valence electrons. The average Bonchev–Trinajstić information content (AvgIpc) is 2.23. The first-order valence-corrected chi connectivity index (χ1v) is 5.72. The van der Waals surface area contributed by atoms with Crippen molar-refractivity contribution in [2.45, 2.75) is 6.61 Å². The van der Waals surface area contributed by atoms with Gasteiger partial charge in [-0.1, -0.05) is 11.6 Å². The van der Waals surface area contributed by atoms with Crippen molar-refractivity contribution < 1.29 is 13.5 Å². The topological polar surface area (TPSA) is 22.1 Å². The van der Waals surface area contributed by atoms with E-state index in [1.54, 1.807) is 12.3 Å². The zero-order chi connectivity index (χ0) is 11.7. The minimum atomic E-state index is -2.84. The number of aromatic nitrogens is 1. The van der Waals surface area contributed by atoms with E-state index in [4.69, 9.17) is 11.6 Å². The highest BCUT2D eigenvalue weighted by Gasteiger charge is 2.08. The van der Waals surface area contributed by atoms with Crippen LogP contribution in [0.2, 0.25) is 5.02 Å². The molecule has 2 nitrogen and oxygen atoms in total. The first-order chi connectivity index (χ1) is 7.58. The number of fused-ring (bicyclic) bond motifs is 1. The molecule has 0 aliphatic rings. The highest BCUT2D eigenvalue weighted by Crippen LogP contribution is 2.29. The smallest absolute Gasteiger partial charge is 0.387 e. The zero-order valence-electron chi connectivity index (χ0n) is 7.75. The van der Waals surface area contributed by atoms with Gasteiger partial charge < -0.3 is 4.74 Å². The number of hydrogen-bond donors (Lipinski definition) is 0. The number of pyridine rings is 1. The van der Waals surface area contributed by atoms with Crippen LogP contribution in [0.5, 0.6) is 5.75 Å². The van der Waals surface area contributed by atoms with Gasteiger partial charge in [0.15, 0.2) is 0 Å². The van der Waals surface area contributed by atoms with Gasteiger partial charge in [-0.15, -0.1) is 0 Å². The van der Waals surface area contributed by atoms with Crippen LogP contribution in [0.1, 0.15) is 0 Å². The Labute approximate surface area is 109 Å². The molecule has 0 radical (unpaired) electrons. The largest absolute Gasteiger partial charge is 0.435 e. The van der Waals surface area contributed by atoms with E-state index in [1.165, 1.54) is 12.1 Å². The Hall–Kier alpha value is -0.690. The number of halogens is 4. The number of nitrogens with zero attached hydrogens (tertiary/aromatic N) is 1. The minimum absolute atomic E-state index is 0.0770. The fourth-order valence-corrected chi connectivity index (χ4v) is 1.92. The van der Waals surface area contributed by atoms with Crippen molar-refractivity contribution >= 4 is 45.1 Å². The second-order valence-electron chi connectivity index (χ2n) is 2.98. The predicted molar refractivity (Wildman–Crippen MR) is 66.1 cm³/mol. The van der Waals surface area contributed by atoms with Gasteiger partial charge in [-0.2, -0.15) is 8.78 Å². The highest BCUT2D eigenvalue weighted by atomic mass is 127. The van der Waals surface area contributed by atoms with Gasteiger partial charge >= 0.3 is 6.61 Å². The maximum Gasteiger partial charge on any atom is 0.387 e. The van der Waals surface area contributed by atoms with Crippen LogP contribution in [0, 0.1) is 3.57 Å². The van der Waals surface area contributed by atoms with Crippen molar-refractivity contribution in [1.29, 1.82) is 0 Å². The summed E-state index contributed by atoms with van der Waals surface area (Å²) in [7, 11) is 0. The maximum atomic E-state index is 12.0. The predicted octanol–water partition coefficient (Wildman–Crippen LogP) is 4.09. The standard InChI is InChI=1S/C10H5ClF2INO/c11-9-6-3-5(16-10(12)13)1-2-8(6)15-4-7(9)14/h1-4,10H. The third-order valence-electron chi connectivity index (χ3n) is 1.96. The van der Waals surface area contributed by atoms with Gasteiger partial charge in [0.25, 0.3) is 0 Å². The highest BCUT2D eigenvalue weighted by molar-refractivity contribution is 14.1. The summed E-state index contributed by atoms with van der Waals surface area (Å²) in [6, 6.07) is 4.48. The molecule has 0 N–H and O–H groups in total. The lowest BCUT2D eigenvalue weighted by molar-refractivity contribution is -0.0497. The third-order valence-corrected chi connectivity index (χ3v) is 3.50. The summed E-state index contributed by atoms with van der Waals surface area (Å²) in [4.78, 5) is 4.13. The molecule has 0 atom stereocenters. The molecule has 2 aromatic rings. The van der Waals surface area contributed by atoms with Gasteiger partial charge in [0.05, 0.1) is 14.1 Å². The van der Waals surface area contributed by atoms with Crippen molar-refractivity contribution in [1.82, 2.24) is 4.98 Å². The van der Waals surface area contributed by atoms with Crippen LogP contribution in [0.4, 0.5) is 8.78 Å². The summed E-state index contributed by atoms with van der Waals surface area (Å²) < 4.78 is 29.1. The molecule has 0 bridgehead atoms. The Bertz CT molecular complexity index is 535. The van der Waals surface area contributed by atoms with E-state index in [0.717, 1.165) is 3.57 Å². The molecule has 2 rings (SSSR count). The average molecular weight is 356 g/mol. The van der Waals surface area contributed by atoms with E-state index in [-0.39, 0.29) is 5.75 Å². The van der Waals surface area contributed by atoms with Crippen molar-refractivity contribution in [3.63, 3.8) is 0 Å². The Kier molecular flexibility index (Phi) is 3.44. The summed E-state index contributed by atoms with van der Waals surface area (Å²) in [6.07, 6.45) is 1.62. The number of benzene rings is 1. The van der Waals surface area contributed by atoms with Gasteiger partial charge in [-0.3, -0.25) is 4.98 Å². The maximum absolute atomic E-state index is 12.0. The fraction of sp³-hybridized carbons (Fsp3) is 0.100. The molecular weight excluding hydrogens is 350 g/mol. The zero-order valence-corrected chi connectivity index (χ0v) is 10.7. The summed E-state index contributed by atoms with van der Waals surface area (Å²) >= 11 is 8.07. The molecular formula is C10H5ClF2INO. The molecule has 16 heavy (non-hydrogen) atoms. The molecule has 0 spiro atoms. The van der Waals surface area contributed by atoms with E-state index in [1.807, 2.05) is 22.6 Å².